The zero-order chi connectivity index (χ0) is 16.6. The summed E-state index contributed by atoms with van der Waals surface area (Å²) < 4.78 is 50.0. The van der Waals surface area contributed by atoms with Crippen molar-refractivity contribution in [3.8, 4) is 22.6 Å². The van der Waals surface area contributed by atoms with Gasteiger partial charge in [0.05, 0.1) is 26.3 Å². The lowest BCUT2D eigenvalue weighted by molar-refractivity contribution is -0.137. The van der Waals surface area contributed by atoms with Crippen LogP contribution in [-0.2, 0) is 12.7 Å². The molecular weight excluding hydrogens is 307 g/mol. The summed E-state index contributed by atoms with van der Waals surface area (Å²) >= 11 is 0. The number of ether oxygens (including phenoxy) is 2. The third-order valence-electron chi connectivity index (χ3n) is 3.77. The van der Waals surface area contributed by atoms with Gasteiger partial charge in [-0.2, -0.15) is 13.2 Å². The summed E-state index contributed by atoms with van der Waals surface area (Å²) in [7, 11) is 2.98. The Morgan fingerprint density at radius 2 is 1.78 bits per heavy atom. The number of methoxy groups -OCH3 is 2. The Balaban J connectivity index is 2.27. The summed E-state index contributed by atoms with van der Waals surface area (Å²) in [6.07, 6.45) is -2.82. The summed E-state index contributed by atoms with van der Waals surface area (Å²) in [6, 6.07) is 7.32. The van der Waals surface area contributed by atoms with Crippen LogP contribution in [0.2, 0.25) is 0 Å². The van der Waals surface area contributed by atoms with Crippen molar-refractivity contribution in [2.45, 2.75) is 12.7 Å². The van der Waals surface area contributed by atoms with Crippen LogP contribution in [-0.4, -0.2) is 20.4 Å². The number of alkyl halides is 3. The van der Waals surface area contributed by atoms with Crippen molar-refractivity contribution in [3.63, 3.8) is 0 Å². The first-order valence-electron chi connectivity index (χ1n) is 6.90. The van der Waals surface area contributed by atoms with Crippen molar-refractivity contribution in [3.05, 3.63) is 47.0 Å². The highest BCUT2D eigenvalue weighted by Gasteiger charge is 2.33. The van der Waals surface area contributed by atoms with E-state index in [4.69, 9.17) is 9.47 Å². The summed E-state index contributed by atoms with van der Waals surface area (Å²) in [5.74, 6) is 1.02. The van der Waals surface area contributed by atoms with E-state index in [2.05, 4.69) is 4.99 Å². The molecule has 0 bridgehead atoms. The molecule has 2 aromatic rings. The number of rotatable bonds is 3. The van der Waals surface area contributed by atoms with Crippen molar-refractivity contribution < 1.29 is 22.6 Å². The third kappa shape index (κ3) is 2.76. The van der Waals surface area contributed by atoms with Crippen LogP contribution in [0.5, 0.6) is 11.5 Å². The molecule has 0 radical (unpaired) electrons. The number of nitrogens with zero attached hydrogens (tertiary/aromatic N) is 1. The Morgan fingerprint density at radius 1 is 1.00 bits per heavy atom. The van der Waals surface area contributed by atoms with Crippen LogP contribution >= 0.6 is 0 Å². The van der Waals surface area contributed by atoms with Crippen LogP contribution in [0, 0.1) is 0 Å². The Bertz CT molecular complexity index is 782. The SMILES string of the molecule is COc1ccc(OC)c(-c2cc(C(F)(F)F)cc3c2C=NC3)c1. The summed E-state index contributed by atoms with van der Waals surface area (Å²) in [6.45, 7) is 0.249. The van der Waals surface area contributed by atoms with Crippen LogP contribution in [0.15, 0.2) is 35.3 Å². The Morgan fingerprint density at radius 3 is 2.43 bits per heavy atom. The second-order valence-corrected chi connectivity index (χ2v) is 5.13. The largest absolute Gasteiger partial charge is 0.497 e. The standard InChI is InChI=1S/C17H14F3NO2/c1-22-12-3-4-16(23-2)14(7-12)13-6-11(17(18,19)20)5-10-8-21-9-15(10)13/h3-7,9H,8H2,1-2H3. The van der Waals surface area contributed by atoms with Crippen molar-refractivity contribution in [1.82, 2.24) is 0 Å². The fourth-order valence-electron chi connectivity index (χ4n) is 2.64. The Hall–Kier alpha value is -2.50. The van der Waals surface area contributed by atoms with Crippen LogP contribution in [0.4, 0.5) is 13.2 Å². The van der Waals surface area contributed by atoms with Crippen LogP contribution in [0.3, 0.4) is 0 Å². The fraction of sp³-hybridized carbons (Fsp3) is 0.235. The average molecular weight is 321 g/mol. The van der Waals surface area contributed by atoms with Gasteiger partial charge in [-0.25, -0.2) is 0 Å². The third-order valence-corrected chi connectivity index (χ3v) is 3.77. The minimum absolute atomic E-state index is 0.249. The highest BCUT2D eigenvalue weighted by atomic mass is 19.4. The molecule has 0 aliphatic carbocycles. The Kier molecular flexibility index (Phi) is 3.75. The molecule has 0 spiro atoms. The summed E-state index contributed by atoms with van der Waals surface area (Å²) in [4.78, 5) is 4.09. The van der Waals surface area contributed by atoms with Gasteiger partial charge in [-0.1, -0.05) is 0 Å². The molecule has 0 N–H and O–H groups in total. The van der Waals surface area contributed by atoms with E-state index in [1.165, 1.54) is 14.2 Å². The van der Waals surface area contributed by atoms with Crippen LogP contribution in [0.1, 0.15) is 16.7 Å². The lowest BCUT2D eigenvalue weighted by Gasteiger charge is -2.16. The van der Waals surface area contributed by atoms with E-state index in [9.17, 15) is 13.2 Å². The molecule has 0 aromatic heterocycles. The predicted molar refractivity (Wildman–Crippen MR) is 81.3 cm³/mol. The van der Waals surface area contributed by atoms with E-state index in [1.54, 1.807) is 24.4 Å². The first kappa shape index (κ1) is 15.4. The smallest absolute Gasteiger partial charge is 0.416 e. The van der Waals surface area contributed by atoms with Gasteiger partial charge in [0.15, 0.2) is 0 Å². The Labute approximate surface area is 131 Å². The van der Waals surface area contributed by atoms with Gasteiger partial charge in [0, 0.05) is 17.3 Å². The molecule has 0 unspecified atom stereocenters. The highest BCUT2D eigenvalue weighted by Crippen LogP contribution is 2.41. The predicted octanol–water partition coefficient (Wildman–Crippen LogP) is 4.32. The van der Waals surface area contributed by atoms with E-state index in [0.29, 0.717) is 33.8 Å². The topological polar surface area (TPSA) is 30.8 Å². The second-order valence-electron chi connectivity index (χ2n) is 5.13. The van der Waals surface area contributed by atoms with E-state index >= 15 is 0 Å². The van der Waals surface area contributed by atoms with Gasteiger partial charge in [-0.15, -0.1) is 0 Å². The molecule has 0 saturated carbocycles. The quantitative estimate of drug-likeness (QED) is 0.843. The highest BCUT2D eigenvalue weighted by molar-refractivity contribution is 5.95. The first-order chi connectivity index (χ1) is 10.9. The van der Waals surface area contributed by atoms with E-state index in [-0.39, 0.29) is 6.54 Å². The second kappa shape index (κ2) is 5.61. The van der Waals surface area contributed by atoms with E-state index in [0.717, 1.165) is 12.1 Å². The first-order valence-corrected chi connectivity index (χ1v) is 6.90. The monoisotopic (exact) mass is 321 g/mol. The lowest BCUT2D eigenvalue weighted by atomic mass is 9.93. The number of halogens is 3. The van der Waals surface area contributed by atoms with Gasteiger partial charge in [-0.3, -0.25) is 4.99 Å². The molecule has 3 rings (SSSR count). The van der Waals surface area contributed by atoms with Crippen LogP contribution in [0.25, 0.3) is 11.1 Å². The molecule has 23 heavy (non-hydrogen) atoms. The molecule has 2 aromatic carbocycles. The van der Waals surface area contributed by atoms with Crippen molar-refractivity contribution in [1.29, 1.82) is 0 Å². The van der Waals surface area contributed by atoms with Crippen LogP contribution < -0.4 is 9.47 Å². The molecule has 6 heteroatoms. The van der Waals surface area contributed by atoms with Crippen molar-refractivity contribution in [2.24, 2.45) is 4.99 Å². The fourth-order valence-corrected chi connectivity index (χ4v) is 2.64. The zero-order valence-electron chi connectivity index (χ0n) is 12.6. The maximum atomic E-state index is 13.2. The molecule has 0 atom stereocenters. The molecule has 1 heterocycles. The van der Waals surface area contributed by atoms with Gasteiger partial charge in [0.2, 0.25) is 0 Å². The number of aliphatic imine (C=N–C) groups is 1. The molecular formula is C17H14F3NO2. The number of fused-ring (bicyclic) bond motifs is 1. The van der Waals surface area contributed by atoms with Gasteiger partial charge < -0.3 is 9.47 Å². The van der Waals surface area contributed by atoms with Crippen molar-refractivity contribution >= 4 is 6.21 Å². The van der Waals surface area contributed by atoms with E-state index < -0.39 is 11.7 Å². The maximum absolute atomic E-state index is 13.2. The molecule has 0 saturated heterocycles. The maximum Gasteiger partial charge on any atom is 0.416 e. The van der Waals surface area contributed by atoms with Gasteiger partial charge in [-0.05, 0) is 41.5 Å². The molecule has 120 valence electrons. The molecule has 0 amide bonds. The van der Waals surface area contributed by atoms with Gasteiger partial charge >= 0.3 is 6.18 Å². The minimum atomic E-state index is -4.42. The van der Waals surface area contributed by atoms with Gasteiger partial charge in [0.1, 0.15) is 11.5 Å². The van der Waals surface area contributed by atoms with Gasteiger partial charge in [0.25, 0.3) is 0 Å². The normalized spacial score (nSPS) is 13.1. The number of hydrogen-bond acceptors (Lipinski definition) is 3. The number of benzene rings is 2. The number of hydrogen-bond donors (Lipinski definition) is 0. The summed E-state index contributed by atoms with van der Waals surface area (Å²) in [5, 5.41) is 0. The summed E-state index contributed by atoms with van der Waals surface area (Å²) in [5.41, 5.74) is 1.53. The van der Waals surface area contributed by atoms with E-state index in [1.807, 2.05) is 0 Å². The average Bonchev–Trinajstić information content (AvgIpc) is 3.01. The molecule has 3 nitrogen and oxygen atoms in total. The minimum Gasteiger partial charge on any atom is -0.497 e. The molecule has 0 fully saturated rings. The zero-order valence-corrected chi connectivity index (χ0v) is 12.6. The lowest BCUT2D eigenvalue weighted by Crippen LogP contribution is -2.07. The molecule has 1 aliphatic heterocycles. The molecule has 1 aliphatic rings. The van der Waals surface area contributed by atoms with Crippen molar-refractivity contribution in [2.75, 3.05) is 14.2 Å².